The molecule has 5 nitrogen and oxygen atoms in total. The van der Waals surface area contributed by atoms with Crippen molar-refractivity contribution in [2.45, 2.75) is 19.0 Å². The minimum atomic E-state index is -0.183. The summed E-state index contributed by atoms with van der Waals surface area (Å²) in [6.45, 7) is 2.00. The highest BCUT2D eigenvalue weighted by atomic mass is 35.5. The number of thiocarbonyl (C=S) groups is 1. The Hall–Kier alpha value is -3.06. The number of ether oxygens (including phenoxy) is 1. The number of hydrogen-bond acceptors (Lipinski definition) is 3. The number of hydrogen-bond donors (Lipinski definition) is 1. The van der Waals surface area contributed by atoms with Crippen molar-refractivity contribution in [3.63, 3.8) is 0 Å². The molecule has 1 aliphatic heterocycles. The molecule has 2 aromatic heterocycles. The predicted octanol–water partition coefficient (Wildman–Crippen LogP) is 6.67. The molecule has 0 unspecified atom stereocenters. The van der Waals surface area contributed by atoms with E-state index in [9.17, 15) is 0 Å². The number of nitrogens with zero attached hydrogens (tertiary/aromatic N) is 3. The highest BCUT2D eigenvalue weighted by molar-refractivity contribution is 7.80. The van der Waals surface area contributed by atoms with Crippen LogP contribution >= 0.6 is 35.4 Å². The summed E-state index contributed by atoms with van der Waals surface area (Å²) in [5.74, 6) is 0.612. The van der Waals surface area contributed by atoms with Gasteiger partial charge in [-0.05, 0) is 85.4 Å². The molecule has 0 amide bonds. The van der Waals surface area contributed by atoms with Crippen LogP contribution in [0.2, 0.25) is 10.0 Å². The second kappa shape index (κ2) is 9.29. The Morgan fingerprint density at radius 1 is 0.971 bits per heavy atom. The summed E-state index contributed by atoms with van der Waals surface area (Å²) in [4.78, 5) is 6.73. The molecule has 0 saturated carbocycles. The Labute approximate surface area is 213 Å². The number of rotatable bonds is 5. The fourth-order valence-electron chi connectivity index (χ4n) is 4.39. The second-order valence-electron chi connectivity index (χ2n) is 8.05. The van der Waals surface area contributed by atoms with Crippen LogP contribution in [0.4, 0.5) is 5.69 Å². The summed E-state index contributed by atoms with van der Waals surface area (Å²) in [7, 11) is 1.60. The van der Waals surface area contributed by atoms with Crippen molar-refractivity contribution >= 4 is 46.2 Å². The molecule has 5 rings (SSSR count). The van der Waals surface area contributed by atoms with Gasteiger partial charge in [0.2, 0.25) is 0 Å². The molecule has 0 aliphatic carbocycles. The summed E-state index contributed by atoms with van der Waals surface area (Å²) in [5.41, 5.74) is 4.85. The van der Waals surface area contributed by atoms with Gasteiger partial charge in [0.25, 0.3) is 0 Å². The summed E-state index contributed by atoms with van der Waals surface area (Å²) >= 11 is 18.6. The number of halogens is 2. The molecule has 1 aliphatic rings. The Kier molecular flexibility index (Phi) is 6.21. The highest BCUT2D eigenvalue weighted by Gasteiger charge is 2.42. The van der Waals surface area contributed by atoms with Crippen LogP contribution in [0.5, 0.6) is 5.75 Å². The molecule has 2 atom stereocenters. The summed E-state index contributed by atoms with van der Waals surface area (Å²) in [5, 5.41) is 5.35. The largest absolute Gasteiger partial charge is 0.495 e. The smallest absolute Gasteiger partial charge is 0.174 e. The van der Waals surface area contributed by atoms with Gasteiger partial charge in [0.05, 0.1) is 23.9 Å². The van der Waals surface area contributed by atoms with Gasteiger partial charge < -0.3 is 19.5 Å². The predicted molar refractivity (Wildman–Crippen MR) is 141 cm³/mol. The van der Waals surface area contributed by atoms with E-state index < -0.39 is 0 Å². The lowest BCUT2D eigenvalue weighted by Gasteiger charge is -2.29. The topological polar surface area (TPSA) is 42.3 Å². The van der Waals surface area contributed by atoms with Gasteiger partial charge in [0.15, 0.2) is 5.11 Å². The Morgan fingerprint density at radius 2 is 1.79 bits per heavy atom. The van der Waals surface area contributed by atoms with Crippen LogP contribution in [0.25, 0.3) is 5.69 Å². The van der Waals surface area contributed by atoms with Crippen molar-refractivity contribution in [2.75, 3.05) is 12.0 Å². The fraction of sp³-hybridized carbons (Fsp3) is 0.154. The maximum Gasteiger partial charge on any atom is 0.174 e. The van der Waals surface area contributed by atoms with Crippen molar-refractivity contribution in [3.05, 3.63) is 106 Å². The van der Waals surface area contributed by atoms with E-state index in [0.717, 1.165) is 33.3 Å². The van der Waals surface area contributed by atoms with E-state index in [0.29, 0.717) is 15.9 Å². The quantitative estimate of drug-likeness (QED) is 0.304. The molecule has 4 aromatic rings. The molecule has 0 radical (unpaired) electrons. The lowest BCUT2D eigenvalue weighted by atomic mass is 10.0. The Bertz CT molecular complexity index is 1360. The molecule has 3 heterocycles. The lowest BCUT2D eigenvalue weighted by Crippen LogP contribution is -2.30. The van der Waals surface area contributed by atoms with Gasteiger partial charge >= 0.3 is 0 Å². The summed E-state index contributed by atoms with van der Waals surface area (Å²) < 4.78 is 7.52. The maximum atomic E-state index is 6.50. The van der Waals surface area contributed by atoms with Gasteiger partial charge in [-0.2, -0.15) is 0 Å². The lowest BCUT2D eigenvalue weighted by molar-refractivity contribution is 0.415. The van der Waals surface area contributed by atoms with Crippen LogP contribution in [0, 0.1) is 6.92 Å². The van der Waals surface area contributed by atoms with Gasteiger partial charge in [-0.1, -0.05) is 29.3 Å². The number of aryl methyl sites for hydroxylation is 1. The van der Waals surface area contributed by atoms with Crippen LogP contribution in [-0.2, 0) is 0 Å². The molecular formula is C26H22Cl2N4OS. The van der Waals surface area contributed by atoms with E-state index in [1.807, 2.05) is 67.7 Å². The van der Waals surface area contributed by atoms with Crippen LogP contribution in [0.15, 0.2) is 79.1 Å². The van der Waals surface area contributed by atoms with Crippen LogP contribution in [0.1, 0.15) is 29.0 Å². The first-order chi connectivity index (χ1) is 16.5. The average molecular weight is 509 g/mol. The number of benzene rings is 2. The Balaban J connectivity index is 1.67. The van der Waals surface area contributed by atoms with E-state index in [4.69, 9.17) is 40.2 Å². The van der Waals surface area contributed by atoms with Crippen molar-refractivity contribution in [3.8, 4) is 11.4 Å². The zero-order chi connectivity index (χ0) is 23.8. The summed E-state index contributed by atoms with van der Waals surface area (Å²) in [6.07, 6.45) is 3.85. The molecule has 2 aromatic carbocycles. The normalized spacial score (nSPS) is 17.6. The maximum absolute atomic E-state index is 6.50. The molecule has 0 spiro atoms. The van der Waals surface area contributed by atoms with Crippen LogP contribution < -0.4 is 15.0 Å². The first kappa shape index (κ1) is 22.7. The monoisotopic (exact) mass is 508 g/mol. The fourth-order valence-corrected chi connectivity index (χ4v) is 5.10. The van der Waals surface area contributed by atoms with Crippen molar-refractivity contribution in [1.82, 2.24) is 14.9 Å². The molecule has 1 saturated heterocycles. The van der Waals surface area contributed by atoms with E-state index in [-0.39, 0.29) is 12.1 Å². The van der Waals surface area contributed by atoms with E-state index in [1.54, 1.807) is 13.3 Å². The third kappa shape index (κ3) is 4.02. The van der Waals surface area contributed by atoms with Crippen molar-refractivity contribution in [2.24, 2.45) is 0 Å². The van der Waals surface area contributed by atoms with Crippen molar-refractivity contribution in [1.29, 1.82) is 0 Å². The van der Waals surface area contributed by atoms with E-state index in [2.05, 4.69) is 31.9 Å². The zero-order valence-electron chi connectivity index (χ0n) is 18.6. The van der Waals surface area contributed by atoms with Crippen molar-refractivity contribution < 1.29 is 4.74 Å². The SMILES string of the molecule is COc1ccc(N2C(=S)N[C@H](c3ccccn3)[C@H]2c2cccn2-c2ccc(Cl)c(C)c2)cc1Cl. The molecule has 0 bridgehead atoms. The molecule has 1 fully saturated rings. The van der Waals surface area contributed by atoms with Gasteiger partial charge in [-0.3, -0.25) is 4.98 Å². The first-order valence-corrected chi connectivity index (χ1v) is 11.9. The third-order valence-corrected chi connectivity index (χ3v) is 7.05. The number of methoxy groups -OCH3 is 1. The number of pyridine rings is 1. The third-order valence-electron chi connectivity index (χ3n) is 6.01. The van der Waals surface area contributed by atoms with E-state index in [1.165, 1.54) is 0 Å². The molecule has 1 N–H and O–H groups in total. The number of aromatic nitrogens is 2. The van der Waals surface area contributed by atoms with Gasteiger partial charge in [0, 0.05) is 34.5 Å². The van der Waals surface area contributed by atoms with E-state index >= 15 is 0 Å². The second-order valence-corrected chi connectivity index (χ2v) is 9.25. The minimum absolute atomic E-state index is 0.170. The molecule has 8 heteroatoms. The average Bonchev–Trinajstić information content (AvgIpc) is 3.45. The first-order valence-electron chi connectivity index (χ1n) is 10.8. The van der Waals surface area contributed by atoms with Gasteiger partial charge in [0.1, 0.15) is 11.8 Å². The minimum Gasteiger partial charge on any atom is -0.495 e. The molecule has 34 heavy (non-hydrogen) atoms. The molecule has 172 valence electrons. The van der Waals surface area contributed by atoms with Gasteiger partial charge in [-0.25, -0.2) is 0 Å². The summed E-state index contributed by atoms with van der Waals surface area (Å²) in [6, 6.07) is 21.4. The van der Waals surface area contributed by atoms with Gasteiger partial charge in [-0.15, -0.1) is 0 Å². The zero-order valence-corrected chi connectivity index (χ0v) is 20.9. The van der Waals surface area contributed by atoms with Crippen LogP contribution in [0.3, 0.4) is 0 Å². The Morgan fingerprint density at radius 3 is 2.50 bits per heavy atom. The number of nitrogens with one attached hydrogen (secondary N) is 1. The van der Waals surface area contributed by atoms with Crippen LogP contribution in [-0.4, -0.2) is 21.8 Å². The number of anilines is 1. The molecular weight excluding hydrogens is 487 g/mol. The highest BCUT2D eigenvalue weighted by Crippen LogP contribution is 2.43. The standard InChI is InChI=1S/C26H22Cl2N4OS/c1-16-14-17(8-10-19(16)27)31-13-5-7-22(31)25-24(21-6-3-4-12-29-21)30-26(34)32(25)18-9-11-23(33-2)20(28)15-18/h3-15,24-25H,1-2H3,(H,30,34)/t24-,25-/m1/s1.